The van der Waals surface area contributed by atoms with Gasteiger partial charge in [-0.25, -0.2) is 4.68 Å². The number of hydrogen-bond acceptors (Lipinski definition) is 4. The van der Waals surface area contributed by atoms with Crippen molar-refractivity contribution in [2.45, 2.75) is 19.0 Å². The van der Waals surface area contributed by atoms with E-state index in [9.17, 15) is 18.0 Å². The maximum Gasteiger partial charge on any atom is 0.416 e. The molecule has 1 aromatic carbocycles. The number of alkyl halides is 3. The van der Waals surface area contributed by atoms with Crippen LogP contribution in [0.15, 0.2) is 36.7 Å². The van der Waals surface area contributed by atoms with E-state index in [0.29, 0.717) is 18.7 Å². The summed E-state index contributed by atoms with van der Waals surface area (Å²) in [6.45, 7) is 0.372. The van der Waals surface area contributed by atoms with Crippen molar-refractivity contribution in [3.63, 3.8) is 0 Å². The van der Waals surface area contributed by atoms with Gasteiger partial charge in [-0.2, -0.15) is 18.3 Å². The second-order valence-electron chi connectivity index (χ2n) is 5.24. The zero-order valence-corrected chi connectivity index (χ0v) is 14.7. The predicted octanol–water partition coefficient (Wildman–Crippen LogP) is 3.13. The third kappa shape index (κ3) is 5.45. The Balaban J connectivity index is 2.10. The van der Waals surface area contributed by atoms with Gasteiger partial charge in [-0.05, 0) is 42.9 Å². The third-order valence-electron chi connectivity index (χ3n) is 3.39. The number of methoxy groups -OCH3 is 1. The number of nitrogens with zero attached hydrogens (tertiary/aromatic N) is 2. The molecule has 0 amide bonds. The van der Waals surface area contributed by atoms with Crippen molar-refractivity contribution < 1.29 is 22.7 Å². The van der Waals surface area contributed by atoms with Crippen molar-refractivity contribution in [2.24, 2.45) is 0 Å². The first-order valence-electron chi connectivity index (χ1n) is 7.64. The van der Waals surface area contributed by atoms with Crippen LogP contribution in [0.2, 0.25) is 0 Å². The molecule has 2 rings (SSSR count). The lowest BCUT2D eigenvalue weighted by Gasteiger charge is -2.16. The van der Waals surface area contributed by atoms with Crippen LogP contribution in [0, 0.1) is 0 Å². The van der Waals surface area contributed by atoms with Crippen LogP contribution in [0.3, 0.4) is 0 Å². The number of carbonyl (C=O) groups is 1. The van der Waals surface area contributed by atoms with E-state index in [2.05, 4.69) is 20.5 Å². The SMILES string of the molecule is COC(=O)CCCNC(=S)Nc1cc(C(F)(F)F)ccc1-n1cccn1. The lowest BCUT2D eigenvalue weighted by Crippen LogP contribution is -2.30. The van der Waals surface area contributed by atoms with Gasteiger partial charge in [0.25, 0.3) is 0 Å². The van der Waals surface area contributed by atoms with E-state index < -0.39 is 11.7 Å². The first-order chi connectivity index (χ1) is 12.3. The maximum atomic E-state index is 13.0. The van der Waals surface area contributed by atoms with Gasteiger partial charge in [0, 0.05) is 25.4 Å². The summed E-state index contributed by atoms with van der Waals surface area (Å²) in [4.78, 5) is 11.0. The molecule has 1 aromatic heterocycles. The Kier molecular flexibility index (Phi) is 6.56. The Morgan fingerprint density at radius 1 is 1.38 bits per heavy atom. The maximum absolute atomic E-state index is 13.0. The lowest BCUT2D eigenvalue weighted by atomic mass is 10.1. The summed E-state index contributed by atoms with van der Waals surface area (Å²) in [5.41, 5.74) is -0.222. The van der Waals surface area contributed by atoms with Gasteiger partial charge < -0.3 is 15.4 Å². The van der Waals surface area contributed by atoms with Gasteiger partial charge in [0.05, 0.1) is 24.0 Å². The van der Waals surface area contributed by atoms with Gasteiger partial charge >= 0.3 is 12.1 Å². The second kappa shape index (κ2) is 8.65. The minimum Gasteiger partial charge on any atom is -0.469 e. The molecular weight excluding hydrogens is 369 g/mol. The average molecular weight is 386 g/mol. The van der Waals surface area contributed by atoms with E-state index in [1.165, 1.54) is 24.1 Å². The molecule has 0 fully saturated rings. The fourth-order valence-electron chi connectivity index (χ4n) is 2.13. The van der Waals surface area contributed by atoms with Crippen LogP contribution in [0.4, 0.5) is 18.9 Å². The van der Waals surface area contributed by atoms with E-state index in [-0.39, 0.29) is 23.2 Å². The van der Waals surface area contributed by atoms with Gasteiger partial charge in [0.15, 0.2) is 5.11 Å². The Bertz CT molecular complexity index is 763. The topological polar surface area (TPSA) is 68.2 Å². The quantitative estimate of drug-likeness (QED) is 0.452. The van der Waals surface area contributed by atoms with E-state index in [1.807, 2.05) is 0 Å². The summed E-state index contributed by atoms with van der Waals surface area (Å²) in [7, 11) is 1.30. The number of nitrogens with one attached hydrogen (secondary N) is 2. The molecule has 0 saturated carbocycles. The molecule has 26 heavy (non-hydrogen) atoms. The summed E-state index contributed by atoms with van der Waals surface area (Å²) >= 11 is 5.12. The molecule has 0 unspecified atom stereocenters. The standard InChI is InChI=1S/C16H17F3N4O2S/c1-25-14(24)4-2-7-20-15(26)22-12-10-11(16(17,18)19)5-6-13(12)23-9-3-8-21-23/h3,5-6,8-10H,2,4,7H2,1H3,(H2,20,22,26). The average Bonchev–Trinajstić information content (AvgIpc) is 3.12. The van der Waals surface area contributed by atoms with Crippen molar-refractivity contribution in [2.75, 3.05) is 19.0 Å². The molecule has 10 heteroatoms. The van der Waals surface area contributed by atoms with Crippen LogP contribution < -0.4 is 10.6 Å². The Morgan fingerprint density at radius 2 is 2.15 bits per heavy atom. The minimum absolute atomic E-state index is 0.141. The molecule has 140 valence electrons. The summed E-state index contributed by atoms with van der Waals surface area (Å²) in [6.07, 6.45) is -0.655. The number of aromatic nitrogens is 2. The number of ether oxygens (including phenoxy) is 1. The molecule has 0 saturated heterocycles. The summed E-state index contributed by atoms with van der Waals surface area (Å²) < 4.78 is 44.9. The molecule has 1 heterocycles. The Morgan fingerprint density at radius 3 is 2.77 bits per heavy atom. The molecule has 0 aliphatic heterocycles. The first kappa shape index (κ1) is 19.7. The van der Waals surface area contributed by atoms with E-state index >= 15 is 0 Å². The predicted molar refractivity (Wildman–Crippen MR) is 94.0 cm³/mol. The van der Waals surface area contributed by atoms with Gasteiger partial charge in [-0.3, -0.25) is 4.79 Å². The van der Waals surface area contributed by atoms with Gasteiger partial charge in [-0.1, -0.05) is 0 Å². The molecular formula is C16H17F3N4O2S. The largest absolute Gasteiger partial charge is 0.469 e. The molecule has 2 aromatic rings. The highest BCUT2D eigenvalue weighted by molar-refractivity contribution is 7.80. The van der Waals surface area contributed by atoms with E-state index in [0.717, 1.165) is 12.1 Å². The number of benzene rings is 1. The highest BCUT2D eigenvalue weighted by Gasteiger charge is 2.31. The summed E-state index contributed by atoms with van der Waals surface area (Å²) in [5.74, 6) is -0.343. The van der Waals surface area contributed by atoms with Crippen LogP contribution in [-0.2, 0) is 15.7 Å². The third-order valence-corrected chi connectivity index (χ3v) is 3.64. The van der Waals surface area contributed by atoms with Crippen molar-refractivity contribution in [3.05, 3.63) is 42.2 Å². The van der Waals surface area contributed by atoms with Crippen LogP contribution in [-0.4, -0.2) is 34.5 Å². The minimum atomic E-state index is -4.48. The number of halogens is 3. The van der Waals surface area contributed by atoms with E-state index in [1.54, 1.807) is 12.3 Å². The monoisotopic (exact) mass is 386 g/mol. The van der Waals surface area contributed by atoms with Crippen molar-refractivity contribution in [3.8, 4) is 5.69 Å². The molecule has 6 nitrogen and oxygen atoms in total. The van der Waals surface area contributed by atoms with Crippen molar-refractivity contribution in [1.82, 2.24) is 15.1 Å². The Hall–Kier alpha value is -2.62. The second-order valence-corrected chi connectivity index (χ2v) is 5.65. The number of carbonyl (C=O) groups excluding carboxylic acids is 1. The first-order valence-corrected chi connectivity index (χ1v) is 8.05. The Labute approximate surface area is 153 Å². The lowest BCUT2D eigenvalue weighted by molar-refractivity contribution is -0.140. The number of rotatable bonds is 6. The molecule has 2 N–H and O–H groups in total. The normalized spacial score (nSPS) is 11.1. The van der Waals surface area contributed by atoms with Crippen LogP contribution in [0.5, 0.6) is 0 Å². The van der Waals surface area contributed by atoms with Gasteiger partial charge in [0.2, 0.25) is 0 Å². The fourth-order valence-corrected chi connectivity index (χ4v) is 2.34. The molecule has 0 radical (unpaired) electrons. The number of hydrogen-bond donors (Lipinski definition) is 2. The zero-order valence-electron chi connectivity index (χ0n) is 13.8. The van der Waals surface area contributed by atoms with Crippen molar-refractivity contribution in [1.29, 1.82) is 0 Å². The fraction of sp³-hybridized carbons (Fsp3) is 0.312. The van der Waals surface area contributed by atoms with Crippen LogP contribution in [0.1, 0.15) is 18.4 Å². The summed E-state index contributed by atoms with van der Waals surface area (Å²) in [6, 6.07) is 4.93. The van der Waals surface area contributed by atoms with Gasteiger partial charge in [0.1, 0.15) is 0 Å². The molecule has 0 aliphatic carbocycles. The van der Waals surface area contributed by atoms with Crippen LogP contribution >= 0.6 is 12.2 Å². The molecule has 0 aliphatic rings. The molecule has 0 atom stereocenters. The van der Waals surface area contributed by atoms with Crippen LogP contribution in [0.25, 0.3) is 5.69 Å². The molecule has 0 spiro atoms. The highest BCUT2D eigenvalue weighted by Crippen LogP contribution is 2.33. The zero-order chi connectivity index (χ0) is 19.2. The smallest absolute Gasteiger partial charge is 0.416 e. The van der Waals surface area contributed by atoms with E-state index in [4.69, 9.17) is 12.2 Å². The number of thiocarbonyl (C=S) groups is 1. The summed E-state index contributed by atoms with van der Waals surface area (Å²) in [5, 5.41) is 9.77. The number of anilines is 1. The van der Waals surface area contributed by atoms with Gasteiger partial charge in [-0.15, -0.1) is 0 Å². The van der Waals surface area contributed by atoms with Crippen molar-refractivity contribution >= 4 is 29.0 Å². The number of esters is 1. The molecule has 0 bridgehead atoms. The highest BCUT2D eigenvalue weighted by atomic mass is 32.1.